The van der Waals surface area contributed by atoms with Gasteiger partial charge in [-0.15, -0.1) is 0 Å². The SMILES string of the molecule is CC(CNC(=O)OC(C)(C)C)CN1CCN(c2ccc3c(c2)C(=O)N(C2CCC(=O)NC2=O)C3=O)CC1. The Morgan fingerprint density at radius 1 is 1.08 bits per heavy atom. The van der Waals surface area contributed by atoms with Crippen LogP contribution in [0, 0.1) is 5.92 Å². The number of piperidine rings is 1. The van der Waals surface area contributed by atoms with E-state index in [1.807, 2.05) is 26.8 Å². The Balaban J connectivity index is 1.31. The van der Waals surface area contributed by atoms with Gasteiger partial charge in [0.15, 0.2) is 0 Å². The molecule has 4 rings (SSSR count). The maximum atomic E-state index is 13.1. The first kappa shape index (κ1) is 26.6. The van der Waals surface area contributed by atoms with Crippen LogP contribution in [0.1, 0.15) is 61.3 Å². The number of imide groups is 2. The summed E-state index contributed by atoms with van der Waals surface area (Å²) in [5, 5.41) is 5.04. The van der Waals surface area contributed by atoms with Gasteiger partial charge in [0.2, 0.25) is 11.8 Å². The van der Waals surface area contributed by atoms with Crippen LogP contribution in [0.25, 0.3) is 0 Å². The van der Waals surface area contributed by atoms with E-state index in [1.165, 1.54) is 0 Å². The average Bonchev–Trinajstić information content (AvgIpc) is 3.07. The van der Waals surface area contributed by atoms with Crippen LogP contribution in [0.3, 0.4) is 0 Å². The minimum Gasteiger partial charge on any atom is -0.444 e. The fraction of sp³-hybridized carbons (Fsp3) is 0.577. The topological polar surface area (TPSA) is 128 Å². The van der Waals surface area contributed by atoms with Gasteiger partial charge in [-0.3, -0.25) is 34.3 Å². The molecule has 0 bridgehead atoms. The number of rotatable bonds is 6. The number of hydrogen-bond acceptors (Lipinski definition) is 8. The molecule has 0 radical (unpaired) electrons. The number of anilines is 1. The zero-order valence-corrected chi connectivity index (χ0v) is 21.8. The first-order valence-corrected chi connectivity index (χ1v) is 12.7. The number of piperazine rings is 1. The average molecular weight is 514 g/mol. The number of alkyl carbamates (subject to hydrolysis) is 1. The van der Waals surface area contributed by atoms with Crippen LogP contribution in [0.15, 0.2) is 18.2 Å². The fourth-order valence-electron chi connectivity index (χ4n) is 4.92. The Kier molecular flexibility index (Phi) is 7.54. The van der Waals surface area contributed by atoms with Crippen molar-refractivity contribution in [2.75, 3.05) is 44.2 Å². The fourth-order valence-corrected chi connectivity index (χ4v) is 4.92. The van der Waals surface area contributed by atoms with Crippen LogP contribution in [0.4, 0.5) is 10.5 Å². The molecule has 2 unspecified atom stereocenters. The molecule has 2 atom stereocenters. The Labute approximate surface area is 216 Å². The Bertz CT molecular complexity index is 1110. The third kappa shape index (κ3) is 6.10. The predicted octanol–water partition coefficient (Wildman–Crippen LogP) is 1.37. The highest BCUT2D eigenvalue weighted by Gasteiger charge is 2.44. The largest absolute Gasteiger partial charge is 0.444 e. The van der Waals surface area contributed by atoms with E-state index in [9.17, 15) is 24.0 Å². The van der Waals surface area contributed by atoms with E-state index in [4.69, 9.17) is 4.74 Å². The first-order valence-electron chi connectivity index (χ1n) is 12.7. The van der Waals surface area contributed by atoms with Gasteiger partial charge in [0.1, 0.15) is 11.6 Å². The third-order valence-corrected chi connectivity index (χ3v) is 6.72. The molecule has 37 heavy (non-hydrogen) atoms. The van der Waals surface area contributed by atoms with Crippen LogP contribution in [0.2, 0.25) is 0 Å². The second-order valence-corrected chi connectivity index (χ2v) is 11.0. The van der Waals surface area contributed by atoms with Crippen molar-refractivity contribution in [1.82, 2.24) is 20.4 Å². The smallest absolute Gasteiger partial charge is 0.407 e. The molecule has 3 heterocycles. The van der Waals surface area contributed by atoms with Crippen LogP contribution in [-0.2, 0) is 14.3 Å². The van der Waals surface area contributed by atoms with Crippen molar-refractivity contribution in [3.8, 4) is 0 Å². The van der Waals surface area contributed by atoms with E-state index < -0.39 is 41.4 Å². The molecule has 3 aliphatic heterocycles. The van der Waals surface area contributed by atoms with E-state index >= 15 is 0 Å². The number of carbonyl (C=O) groups is 5. The van der Waals surface area contributed by atoms with Gasteiger partial charge in [-0.2, -0.15) is 0 Å². The molecule has 0 spiro atoms. The van der Waals surface area contributed by atoms with Crippen LogP contribution >= 0.6 is 0 Å². The zero-order chi connectivity index (χ0) is 26.9. The standard InChI is InChI=1S/C26H35N5O6/c1-16(14-27-25(36)37-26(2,3)4)15-29-9-11-30(12-10-29)17-5-6-18-19(13-17)24(35)31(23(18)34)20-7-8-21(32)28-22(20)33/h5-6,13,16,20H,7-12,14-15H2,1-4H3,(H,27,36)(H,28,32,33). The molecule has 1 aromatic carbocycles. The lowest BCUT2D eigenvalue weighted by Crippen LogP contribution is -2.54. The van der Waals surface area contributed by atoms with Crippen LogP contribution in [0.5, 0.6) is 0 Å². The monoisotopic (exact) mass is 513 g/mol. The molecule has 2 fully saturated rings. The van der Waals surface area contributed by atoms with Gasteiger partial charge in [-0.05, 0) is 51.3 Å². The Morgan fingerprint density at radius 3 is 2.41 bits per heavy atom. The summed E-state index contributed by atoms with van der Waals surface area (Å²) in [6.45, 7) is 12.1. The van der Waals surface area contributed by atoms with Gasteiger partial charge < -0.3 is 15.0 Å². The summed E-state index contributed by atoms with van der Waals surface area (Å²) >= 11 is 0. The van der Waals surface area contributed by atoms with Gasteiger partial charge >= 0.3 is 6.09 Å². The Morgan fingerprint density at radius 2 is 1.76 bits per heavy atom. The van der Waals surface area contributed by atoms with Crippen molar-refractivity contribution in [2.45, 2.75) is 52.2 Å². The maximum absolute atomic E-state index is 13.1. The molecule has 200 valence electrons. The van der Waals surface area contributed by atoms with Crippen molar-refractivity contribution in [2.24, 2.45) is 5.92 Å². The first-order chi connectivity index (χ1) is 17.4. The number of ether oxygens (including phenoxy) is 1. The molecule has 0 aliphatic carbocycles. The number of fused-ring (bicyclic) bond motifs is 1. The lowest BCUT2D eigenvalue weighted by atomic mass is 10.0. The summed E-state index contributed by atoms with van der Waals surface area (Å²) < 4.78 is 5.29. The summed E-state index contributed by atoms with van der Waals surface area (Å²) in [6, 6.07) is 4.24. The van der Waals surface area contributed by atoms with Gasteiger partial charge in [0.05, 0.1) is 11.1 Å². The van der Waals surface area contributed by atoms with Gasteiger partial charge in [-0.25, -0.2) is 4.79 Å². The second-order valence-electron chi connectivity index (χ2n) is 11.0. The summed E-state index contributed by atoms with van der Waals surface area (Å²) in [7, 11) is 0. The van der Waals surface area contributed by atoms with Crippen molar-refractivity contribution in [3.05, 3.63) is 29.3 Å². The highest BCUT2D eigenvalue weighted by atomic mass is 16.6. The summed E-state index contributed by atoms with van der Waals surface area (Å²) in [6.07, 6.45) is -0.184. The lowest BCUT2D eigenvalue weighted by molar-refractivity contribution is -0.136. The minimum absolute atomic E-state index is 0.0923. The summed E-state index contributed by atoms with van der Waals surface area (Å²) in [5.74, 6) is -1.76. The molecule has 0 aromatic heterocycles. The van der Waals surface area contributed by atoms with Crippen molar-refractivity contribution < 1.29 is 28.7 Å². The number of nitrogens with one attached hydrogen (secondary N) is 2. The van der Waals surface area contributed by atoms with E-state index in [0.29, 0.717) is 6.54 Å². The van der Waals surface area contributed by atoms with Gasteiger partial charge in [0, 0.05) is 51.4 Å². The van der Waals surface area contributed by atoms with E-state index in [-0.39, 0.29) is 29.9 Å². The highest BCUT2D eigenvalue weighted by molar-refractivity contribution is 6.23. The predicted molar refractivity (Wildman–Crippen MR) is 135 cm³/mol. The number of nitrogens with zero attached hydrogens (tertiary/aromatic N) is 3. The van der Waals surface area contributed by atoms with Gasteiger partial charge in [0.25, 0.3) is 11.8 Å². The maximum Gasteiger partial charge on any atom is 0.407 e. The lowest BCUT2D eigenvalue weighted by Gasteiger charge is -2.37. The molecule has 1 aromatic rings. The molecule has 11 nitrogen and oxygen atoms in total. The molecule has 3 aliphatic rings. The van der Waals surface area contributed by atoms with Crippen molar-refractivity contribution in [1.29, 1.82) is 0 Å². The number of benzene rings is 1. The van der Waals surface area contributed by atoms with E-state index in [1.54, 1.807) is 12.1 Å². The zero-order valence-electron chi connectivity index (χ0n) is 21.8. The number of hydrogen-bond donors (Lipinski definition) is 2. The van der Waals surface area contributed by atoms with Crippen LogP contribution in [-0.4, -0.2) is 90.4 Å². The second kappa shape index (κ2) is 10.5. The number of carbonyl (C=O) groups excluding carboxylic acids is 5. The Hall–Kier alpha value is -3.47. The molecule has 5 amide bonds. The molecule has 0 saturated carbocycles. The molecular formula is C26H35N5O6. The van der Waals surface area contributed by atoms with E-state index in [2.05, 4.69) is 27.4 Å². The van der Waals surface area contributed by atoms with Crippen LogP contribution < -0.4 is 15.5 Å². The third-order valence-electron chi connectivity index (χ3n) is 6.72. The quantitative estimate of drug-likeness (QED) is 0.546. The summed E-state index contributed by atoms with van der Waals surface area (Å²) in [5.41, 5.74) is 0.895. The normalized spacial score (nSPS) is 21.6. The molecule has 2 saturated heterocycles. The molecule has 11 heteroatoms. The number of amides is 5. The summed E-state index contributed by atoms with van der Waals surface area (Å²) in [4.78, 5) is 67.1. The van der Waals surface area contributed by atoms with Crippen molar-refractivity contribution in [3.63, 3.8) is 0 Å². The molecular weight excluding hydrogens is 478 g/mol. The minimum atomic E-state index is -0.969. The van der Waals surface area contributed by atoms with Crippen molar-refractivity contribution >= 4 is 35.4 Å². The highest BCUT2D eigenvalue weighted by Crippen LogP contribution is 2.31. The van der Waals surface area contributed by atoms with Gasteiger partial charge in [-0.1, -0.05) is 6.92 Å². The molecule has 2 N–H and O–H groups in total. The van der Waals surface area contributed by atoms with E-state index in [0.717, 1.165) is 43.3 Å².